The van der Waals surface area contributed by atoms with Gasteiger partial charge in [-0.3, -0.25) is 4.79 Å². The van der Waals surface area contributed by atoms with E-state index in [-0.39, 0.29) is 5.91 Å². The lowest BCUT2D eigenvalue weighted by Gasteiger charge is -2.16. The minimum absolute atomic E-state index is 0.118. The zero-order valence-electron chi connectivity index (χ0n) is 14.4. The first-order valence-electron chi connectivity index (χ1n) is 8.37. The van der Waals surface area contributed by atoms with Gasteiger partial charge in [-0.1, -0.05) is 60.7 Å². The number of nitrogens with zero attached hydrogens (tertiary/aromatic N) is 1. The molecule has 0 radical (unpaired) electrons. The van der Waals surface area contributed by atoms with Crippen LogP contribution in [0, 0.1) is 0 Å². The summed E-state index contributed by atoms with van der Waals surface area (Å²) in [7, 11) is 0. The maximum Gasteiger partial charge on any atom is 0.253 e. The Hall–Kier alpha value is -2.85. The van der Waals surface area contributed by atoms with Crippen LogP contribution in [-0.4, -0.2) is 23.2 Å². The normalized spacial score (nSPS) is 10.5. The molecule has 0 saturated heterocycles. The fourth-order valence-electron chi connectivity index (χ4n) is 2.75. The van der Waals surface area contributed by atoms with Crippen LogP contribution < -0.4 is 5.32 Å². The molecule has 1 heterocycles. The van der Waals surface area contributed by atoms with Crippen LogP contribution in [-0.2, 0) is 0 Å². The third-order valence-corrected chi connectivity index (χ3v) is 4.96. The van der Waals surface area contributed by atoms with Crippen LogP contribution in [0.5, 0.6) is 0 Å². The first-order chi connectivity index (χ1) is 12.8. The molecule has 1 aromatic heterocycles. The average Bonchev–Trinajstić information content (AvgIpc) is 2.70. The number of hydrogen-bond acceptors (Lipinski definition) is 3. The molecule has 0 spiro atoms. The summed E-state index contributed by atoms with van der Waals surface area (Å²) in [5.74, 6) is 0.578. The summed E-state index contributed by atoms with van der Waals surface area (Å²) in [6, 6.07) is 17.7. The molecular formula is C22H20N2OS. The summed E-state index contributed by atoms with van der Waals surface area (Å²) >= 11 is 1.58. The van der Waals surface area contributed by atoms with Gasteiger partial charge in [0.15, 0.2) is 0 Å². The van der Waals surface area contributed by atoms with Gasteiger partial charge >= 0.3 is 0 Å². The highest BCUT2D eigenvalue weighted by Gasteiger charge is 2.21. The monoisotopic (exact) mass is 360 g/mol. The second-order valence-electron chi connectivity index (χ2n) is 5.65. The number of carbonyl (C=O) groups excluding carboxylic acids is 1. The Morgan fingerprint density at radius 1 is 1.04 bits per heavy atom. The highest BCUT2D eigenvalue weighted by atomic mass is 32.2. The molecule has 0 unspecified atom stereocenters. The third-order valence-electron chi connectivity index (χ3n) is 3.87. The molecule has 3 rings (SSSR count). The molecule has 1 N–H and O–H groups in total. The van der Waals surface area contributed by atoms with Crippen LogP contribution in [0.3, 0.4) is 0 Å². The fourth-order valence-corrected chi connectivity index (χ4v) is 3.68. The zero-order chi connectivity index (χ0) is 18.4. The van der Waals surface area contributed by atoms with Gasteiger partial charge in [0.25, 0.3) is 5.91 Å². The molecular weight excluding hydrogens is 340 g/mol. The SMILES string of the molecule is C=CCNC(=O)c1c(SCC=C)c(-c2ccccc2)nc2ccccc12. The second kappa shape index (κ2) is 8.50. The van der Waals surface area contributed by atoms with Gasteiger partial charge < -0.3 is 5.32 Å². The van der Waals surface area contributed by atoms with Gasteiger partial charge in [-0.25, -0.2) is 4.98 Å². The molecule has 0 atom stereocenters. The Morgan fingerprint density at radius 2 is 1.77 bits per heavy atom. The second-order valence-corrected chi connectivity index (χ2v) is 6.68. The van der Waals surface area contributed by atoms with E-state index < -0.39 is 0 Å². The van der Waals surface area contributed by atoms with Gasteiger partial charge in [0, 0.05) is 28.1 Å². The molecule has 0 bridgehead atoms. The van der Waals surface area contributed by atoms with E-state index >= 15 is 0 Å². The number of thioether (sulfide) groups is 1. The molecule has 2 aromatic carbocycles. The Morgan fingerprint density at radius 3 is 2.50 bits per heavy atom. The molecule has 4 heteroatoms. The summed E-state index contributed by atoms with van der Waals surface area (Å²) in [6.45, 7) is 7.91. The number of fused-ring (bicyclic) bond motifs is 1. The summed E-state index contributed by atoms with van der Waals surface area (Å²) < 4.78 is 0. The van der Waals surface area contributed by atoms with E-state index in [1.54, 1.807) is 17.8 Å². The number of amides is 1. The van der Waals surface area contributed by atoms with E-state index in [0.717, 1.165) is 27.1 Å². The molecule has 3 nitrogen and oxygen atoms in total. The lowest BCUT2D eigenvalue weighted by molar-refractivity contribution is 0.0957. The Kier molecular flexibility index (Phi) is 5.87. The highest BCUT2D eigenvalue weighted by Crippen LogP contribution is 2.37. The minimum atomic E-state index is -0.118. The summed E-state index contributed by atoms with van der Waals surface area (Å²) in [6.07, 6.45) is 3.51. The van der Waals surface area contributed by atoms with Crippen LogP contribution >= 0.6 is 11.8 Å². The summed E-state index contributed by atoms with van der Waals surface area (Å²) in [4.78, 5) is 18.7. The average molecular weight is 360 g/mol. The van der Waals surface area contributed by atoms with Crippen LogP contribution in [0.15, 0.2) is 84.8 Å². The first kappa shape index (κ1) is 18.0. The van der Waals surface area contributed by atoms with E-state index in [0.29, 0.717) is 17.9 Å². The van der Waals surface area contributed by atoms with Crippen molar-refractivity contribution in [3.05, 3.63) is 85.5 Å². The Bertz CT molecular complexity index is 951. The van der Waals surface area contributed by atoms with Gasteiger partial charge in [-0.05, 0) is 6.07 Å². The number of nitrogens with one attached hydrogen (secondary N) is 1. The van der Waals surface area contributed by atoms with Crippen molar-refractivity contribution < 1.29 is 4.79 Å². The van der Waals surface area contributed by atoms with Crippen molar-refractivity contribution in [3.63, 3.8) is 0 Å². The van der Waals surface area contributed by atoms with Gasteiger partial charge in [0.1, 0.15) is 0 Å². The van der Waals surface area contributed by atoms with Crippen molar-refractivity contribution in [1.82, 2.24) is 10.3 Å². The smallest absolute Gasteiger partial charge is 0.253 e. The predicted octanol–water partition coefficient (Wildman–Crippen LogP) is 5.10. The van der Waals surface area contributed by atoms with E-state index in [1.807, 2.05) is 60.7 Å². The molecule has 0 fully saturated rings. The number of pyridine rings is 1. The zero-order valence-corrected chi connectivity index (χ0v) is 15.3. The lowest BCUT2D eigenvalue weighted by atomic mass is 10.0. The van der Waals surface area contributed by atoms with Crippen molar-refractivity contribution in [2.75, 3.05) is 12.3 Å². The molecule has 0 aliphatic heterocycles. The lowest BCUT2D eigenvalue weighted by Crippen LogP contribution is -2.24. The third kappa shape index (κ3) is 3.70. The fraction of sp³-hybridized carbons (Fsp3) is 0.0909. The first-order valence-corrected chi connectivity index (χ1v) is 9.35. The largest absolute Gasteiger partial charge is 0.349 e. The topological polar surface area (TPSA) is 42.0 Å². The predicted molar refractivity (Wildman–Crippen MR) is 111 cm³/mol. The molecule has 26 heavy (non-hydrogen) atoms. The quantitative estimate of drug-likeness (QED) is 0.471. The Labute approximate surface area is 157 Å². The van der Waals surface area contributed by atoms with E-state index in [9.17, 15) is 4.79 Å². The maximum atomic E-state index is 13.0. The number of aromatic nitrogens is 1. The van der Waals surface area contributed by atoms with Gasteiger partial charge in [-0.15, -0.1) is 24.9 Å². The molecule has 1 amide bonds. The standard InChI is InChI=1S/C22H20N2OS/c1-3-14-23-22(25)19-17-12-8-9-13-18(17)24-20(21(19)26-15-4-2)16-10-6-5-7-11-16/h3-13H,1-2,14-15H2,(H,23,25). The Balaban J connectivity index is 2.30. The van der Waals surface area contributed by atoms with Crippen molar-refractivity contribution in [3.8, 4) is 11.3 Å². The molecule has 0 saturated carbocycles. The number of carbonyl (C=O) groups is 1. The number of rotatable bonds is 7. The van der Waals surface area contributed by atoms with Crippen molar-refractivity contribution in [2.45, 2.75) is 4.90 Å². The highest BCUT2D eigenvalue weighted by molar-refractivity contribution is 7.99. The van der Waals surface area contributed by atoms with Crippen molar-refractivity contribution >= 4 is 28.6 Å². The van der Waals surface area contributed by atoms with Crippen LogP contribution in [0.2, 0.25) is 0 Å². The van der Waals surface area contributed by atoms with Crippen molar-refractivity contribution in [1.29, 1.82) is 0 Å². The number of benzene rings is 2. The molecule has 3 aromatic rings. The van der Waals surface area contributed by atoms with E-state index in [2.05, 4.69) is 18.5 Å². The van der Waals surface area contributed by atoms with Gasteiger partial charge in [0.05, 0.1) is 16.8 Å². The van der Waals surface area contributed by atoms with Gasteiger partial charge in [0.2, 0.25) is 0 Å². The van der Waals surface area contributed by atoms with E-state index in [1.165, 1.54) is 0 Å². The summed E-state index contributed by atoms with van der Waals surface area (Å²) in [5, 5.41) is 3.76. The molecule has 0 aliphatic carbocycles. The van der Waals surface area contributed by atoms with Gasteiger partial charge in [-0.2, -0.15) is 0 Å². The maximum absolute atomic E-state index is 13.0. The van der Waals surface area contributed by atoms with Crippen LogP contribution in [0.4, 0.5) is 0 Å². The molecule has 130 valence electrons. The van der Waals surface area contributed by atoms with Crippen molar-refractivity contribution in [2.24, 2.45) is 0 Å². The van der Waals surface area contributed by atoms with Crippen LogP contribution in [0.25, 0.3) is 22.2 Å². The number of hydrogen-bond donors (Lipinski definition) is 1. The van der Waals surface area contributed by atoms with Crippen LogP contribution in [0.1, 0.15) is 10.4 Å². The molecule has 0 aliphatic rings. The minimum Gasteiger partial charge on any atom is -0.349 e. The number of para-hydroxylation sites is 1. The van der Waals surface area contributed by atoms with E-state index in [4.69, 9.17) is 4.98 Å². The summed E-state index contributed by atoms with van der Waals surface area (Å²) in [5.41, 5.74) is 3.27.